The number of nitrogens with zero attached hydrogens (tertiary/aromatic N) is 5. The third-order valence-corrected chi connectivity index (χ3v) is 13.2. The van der Waals surface area contributed by atoms with Crippen molar-refractivity contribution in [1.82, 2.24) is 24.4 Å². The van der Waals surface area contributed by atoms with Crippen LogP contribution >= 0.6 is 17.1 Å². The van der Waals surface area contributed by atoms with Gasteiger partial charge in [0.25, 0.3) is 5.56 Å². The maximum atomic E-state index is 12.6. The molecule has 0 aromatic carbocycles. The molecule has 7 atom stereocenters. The van der Waals surface area contributed by atoms with Crippen LogP contribution in [0.15, 0.2) is 28.3 Å². The third kappa shape index (κ3) is 5.33. The Morgan fingerprint density at radius 2 is 2.30 bits per heavy atom. The molecule has 2 saturated heterocycles. The standard InChI is InChI=1S/C24H35N6O4PS2/c1-7-16-17(33-35(36)34-18-10-15(14(2)3)8-9-24(18,4)37-35)11-19(32-16)30-13-25-20-21(30)27-23(28-22(20)31)26-12-29(5)6/h12-13,15-19H,2,7-11H2,1,3-6H3,(H,27,28,31)/t15-,16+,17-,18+,19+,24+,35-/m0/s1. The van der Waals surface area contributed by atoms with E-state index in [-0.39, 0.29) is 46.3 Å². The maximum absolute atomic E-state index is 12.6. The SMILES string of the molecule is C=C(C)[C@H]1CC[C@@]2(C)S[P@@](=S)(O[C@H]3C[C@H](n4cnc5c(=O)[nH]c(N=CN(C)C)nc54)O[C@@H]3CC)O[C@@H]2C1. The van der Waals surface area contributed by atoms with Crippen molar-refractivity contribution in [3.63, 3.8) is 0 Å². The van der Waals surface area contributed by atoms with Gasteiger partial charge in [-0.05, 0) is 57.3 Å². The molecule has 1 aliphatic carbocycles. The number of aliphatic imine (C=N–C) groups is 1. The zero-order chi connectivity index (χ0) is 26.5. The van der Waals surface area contributed by atoms with Crippen LogP contribution in [0, 0.1) is 5.92 Å². The first-order chi connectivity index (χ1) is 17.5. The Bertz CT molecular complexity index is 1330. The summed E-state index contributed by atoms with van der Waals surface area (Å²) < 4.78 is 21.3. The highest BCUT2D eigenvalue weighted by molar-refractivity contribution is 8.68. The van der Waals surface area contributed by atoms with Gasteiger partial charge in [-0.2, -0.15) is 4.98 Å². The number of imidazole rings is 1. The van der Waals surface area contributed by atoms with Crippen molar-refractivity contribution < 1.29 is 13.8 Å². The minimum atomic E-state index is -2.56. The van der Waals surface area contributed by atoms with Crippen LogP contribution in [0.4, 0.5) is 5.95 Å². The number of H-pyrrole nitrogens is 1. The van der Waals surface area contributed by atoms with Crippen LogP contribution in [0.1, 0.15) is 59.1 Å². The molecule has 13 heteroatoms. The monoisotopic (exact) mass is 566 g/mol. The van der Waals surface area contributed by atoms with E-state index in [1.54, 1.807) is 33.5 Å². The summed E-state index contributed by atoms with van der Waals surface area (Å²) in [7, 11) is 3.69. The van der Waals surface area contributed by atoms with E-state index in [4.69, 9.17) is 25.6 Å². The highest BCUT2D eigenvalue weighted by atomic mass is 32.9. The van der Waals surface area contributed by atoms with Crippen molar-refractivity contribution in [2.24, 2.45) is 10.9 Å². The normalized spacial score (nSPS) is 35.9. The van der Waals surface area contributed by atoms with Crippen LogP contribution in [-0.4, -0.2) is 67.9 Å². The number of aromatic nitrogens is 4. The van der Waals surface area contributed by atoms with Gasteiger partial charge in [0.15, 0.2) is 11.2 Å². The molecule has 1 N–H and O–H groups in total. The Kier molecular flexibility index (Phi) is 7.45. The molecule has 0 bridgehead atoms. The fourth-order valence-electron chi connectivity index (χ4n) is 5.30. The van der Waals surface area contributed by atoms with Crippen LogP contribution < -0.4 is 5.56 Å². The summed E-state index contributed by atoms with van der Waals surface area (Å²) >= 11 is 7.77. The van der Waals surface area contributed by atoms with Gasteiger partial charge in [-0.15, -0.1) is 0 Å². The van der Waals surface area contributed by atoms with E-state index in [2.05, 4.69) is 47.3 Å². The zero-order valence-electron chi connectivity index (χ0n) is 21.9. The Balaban J connectivity index is 1.36. The van der Waals surface area contributed by atoms with Gasteiger partial charge in [-0.1, -0.05) is 30.5 Å². The summed E-state index contributed by atoms with van der Waals surface area (Å²) in [5.41, 5.74) is -1.02. The van der Waals surface area contributed by atoms with Gasteiger partial charge in [-0.3, -0.25) is 14.3 Å². The van der Waals surface area contributed by atoms with Gasteiger partial charge in [-0.25, -0.2) is 9.98 Å². The minimum absolute atomic E-state index is 0.0307. The van der Waals surface area contributed by atoms with E-state index < -0.39 is 5.69 Å². The fourth-order valence-corrected chi connectivity index (χ4v) is 12.9. The Labute approximate surface area is 226 Å². The van der Waals surface area contributed by atoms with Gasteiger partial charge in [0.1, 0.15) is 6.23 Å². The first-order valence-electron chi connectivity index (χ1n) is 12.7. The molecule has 3 aliphatic rings. The van der Waals surface area contributed by atoms with Crippen LogP contribution in [0.25, 0.3) is 11.2 Å². The lowest BCUT2D eigenvalue weighted by atomic mass is 9.77. The molecule has 202 valence electrons. The highest BCUT2D eigenvalue weighted by Crippen LogP contribution is 2.76. The number of fused-ring (bicyclic) bond motifs is 2. The number of hydrogen-bond acceptors (Lipinski definition) is 9. The van der Waals surface area contributed by atoms with E-state index in [0.717, 1.165) is 25.7 Å². The second kappa shape index (κ2) is 10.2. The maximum Gasteiger partial charge on any atom is 0.280 e. The summed E-state index contributed by atoms with van der Waals surface area (Å²) in [4.78, 5) is 30.1. The molecule has 0 radical (unpaired) electrons. The lowest BCUT2D eigenvalue weighted by Gasteiger charge is -2.37. The molecule has 1 saturated carbocycles. The van der Waals surface area contributed by atoms with Crippen LogP contribution in [0.2, 0.25) is 0 Å². The minimum Gasteiger partial charge on any atom is -0.369 e. The Morgan fingerprint density at radius 3 is 3.00 bits per heavy atom. The second-order valence-electron chi connectivity index (χ2n) is 10.6. The molecule has 10 nitrogen and oxygen atoms in total. The van der Waals surface area contributed by atoms with E-state index in [9.17, 15) is 4.79 Å². The van der Waals surface area contributed by atoms with E-state index in [1.165, 1.54) is 5.57 Å². The Morgan fingerprint density at radius 1 is 1.51 bits per heavy atom. The lowest BCUT2D eigenvalue weighted by molar-refractivity contribution is -0.0151. The van der Waals surface area contributed by atoms with Crippen molar-refractivity contribution in [3.8, 4) is 0 Å². The average molecular weight is 567 g/mol. The smallest absolute Gasteiger partial charge is 0.280 e. The zero-order valence-corrected chi connectivity index (χ0v) is 24.4. The number of allylic oxidation sites excluding steroid dienone is 1. The van der Waals surface area contributed by atoms with Crippen LogP contribution in [-0.2, 0) is 25.6 Å². The first kappa shape index (κ1) is 27.0. The molecule has 0 spiro atoms. The van der Waals surface area contributed by atoms with Crippen LogP contribution in [0.3, 0.4) is 0 Å². The molecule has 4 heterocycles. The molecule has 2 aromatic rings. The molecule has 2 aliphatic heterocycles. The van der Waals surface area contributed by atoms with Crippen molar-refractivity contribution in [2.75, 3.05) is 14.1 Å². The van der Waals surface area contributed by atoms with Gasteiger partial charge in [0.05, 0.1) is 31.0 Å². The molecule has 0 amide bonds. The summed E-state index contributed by atoms with van der Waals surface area (Å²) in [6, 6.07) is 0. The number of ether oxygens (including phenoxy) is 1. The van der Waals surface area contributed by atoms with E-state index >= 15 is 0 Å². The molecular formula is C24H35N6O4PS2. The third-order valence-electron chi connectivity index (χ3n) is 7.43. The number of hydrogen-bond donors (Lipinski definition) is 1. The first-order valence-corrected chi connectivity index (χ1v) is 16.7. The quantitative estimate of drug-likeness (QED) is 0.216. The van der Waals surface area contributed by atoms with Crippen molar-refractivity contribution in [1.29, 1.82) is 0 Å². The summed E-state index contributed by atoms with van der Waals surface area (Å²) in [6.45, 7) is 10.6. The average Bonchev–Trinajstić information content (AvgIpc) is 3.49. The highest BCUT2D eigenvalue weighted by Gasteiger charge is 2.54. The lowest BCUT2D eigenvalue weighted by Crippen LogP contribution is -2.39. The molecule has 37 heavy (non-hydrogen) atoms. The predicted molar refractivity (Wildman–Crippen MR) is 151 cm³/mol. The number of rotatable bonds is 7. The molecule has 0 unspecified atom stereocenters. The van der Waals surface area contributed by atoms with E-state index in [1.807, 2.05) is 14.1 Å². The largest absolute Gasteiger partial charge is 0.369 e. The second-order valence-corrected chi connectivity index (χ2v) is 17.2. The number of nitrogens with one attached hydrogen (secondary N) is 1. The molecular weight excluding hydrogens is 531 g/mol. The van der Waals surface area contributed by atoms with Crippen molar-refractivity contribution in [2.45, 2.75) is 82.2 Å². The van der Waals surface area contributed by atoms with Gasteiger partial charge < -0.3 is 18.7 Å². The van der Waals surface area contributed by atoms with Crippen molar-refractivity contribution >= 4 is 52.3 Å². The topological polar surface area (TPSA) is 107 Å². The molecule has 2 aromatic heterocycles. The molecule has 3 fully saturated rings. The van der Waals surface area contributed by atoms with E-state index in [0.29, 0.717) is 18.0 Å². The Hall–Kier alpha value is -1.56. The summed E-state index contributed by atoms with van der Waals surface area (Å²) in [5, 5.41) is 0. The van der Waals surface area contributed by atoms with Gasteiger partial charge in [0, 0.05) is 25.3 Å². The van der Waals surface area contributed by atoms with Crippen molar-refractivity contribution in [3.05, 3.63) is 28.8 Å². The number of aromatic amines is 1. The van der Waals surface area contributed by atoms with Crippen LogP contribution in [0.5, 0.6) is 0 Å². The van der Waals surface area contributed by atoms with Gasteiger partial charge in [0.2, 0.25) is 11.6 Å². The summed E-state index contributed by atoms with van der Waals surface area (Å²) in [6.07, 6.45) is 6.91. The predicted octanol–water partition coefficient (Wildman–Crippen LogP) is 4.92. The van der Waals surface area contributed by atoms with Gasteiger partial charge >= 0.3 is 0 Å². The fraction of sp³-hybridized carbons (Fsp3) is 0.667. The molecule has 5 rings (SSSR count). The summed E-state index contributed by atoms with van der Waals surface area (Å²) in [5.74, 6) is 0.681.